The molecule has 0 atom stereocenters. The predicted molar refractivity (Wildman–Crippen MR) is 129 cm³/mol. The summed E-state index contributed by atoms with van der Waals surface area (Å²) in [6, 6.07) is 12.5. The van der Waals surface area contributed by atoms with Crippen LogP contribution in [0.5, 0.6) is 11.5 Å². The third-order valence-corrected chi connectivity index (χ3v) is 15.4. The van der Waals surface area contributed by atoms with Crippen molar-refractivity contribution < 1.29 is 28.7 Å². The topological polar surface area (TPSA) is 86.7 Å². The average Bonchev–Trinajstić information content (AvgIpc) is 2.80. The van der Waals surface area contributed by atoms with Gasteiger partial charge in [-0.25, -0.2) is 0 Å². The molecule has 0 aliphatic heterocycles. The van der Waals surface area contributed by atoms with Gasteiger partial charge in [-0.2, -0.15) is 0 Å². The molecule has 172 valence electrons. The Morgan fingerprint density at radius 1 is 0.667 bits per heavy atom. The van der Waals surface area contributed by atoms with Gasteiger partial charge >= 0.3 is 197 Å². The first-order valence-corrected chi connectivity index (χ1v) is 15.7. The van der Waals surface area contributed by atoms with E-state index in [0.29, 0.717) is 33.1 Å². The second-order valence-corrected chi connectivity index (χ2v) is 17.2. The van der Waals surface area contributed by atoms with E-state index in [0.717, 1.165) is 0 Å². The number of carbonyl (C=O) groups is 4. The Labute approximate surface area is 196 Å². The standard InChI is InChI=1S/C26H28GeO6/c1-7-27(8-2,23(28)19-9-13-21(14-10-19)32-25(30)17(3)4)24(29)20-11-15-22(16-12-20)33-26(31)18(5)6/h9-16H,3,5,7-8H2,1-2,4,6H3. The number of carbonyl (C=O) groups excluding carboxylic acids is 4. The molecule has 6 nitrogen and oxygen atoms in total. The minimum atomic E-state index is -3.73. The van der Waals surface area contributed by atoms with Gasteiger partial charge < -0.3 is 0 Å². The van der Waals surface area contributed by atoms with Crippen molar-refractivity contribution in [3.8, 4) is 11.5 Å². The van der Waals surface area contributed by atoms with Gasteiger partial charge in [0.1, 0.15) is 0 Å². The van der Waals surface area contributed by atoms with Crippen LogP contribution in [-0.2, 0) is 9.59 Å². The summed E-state index contributed by atoms with van der Waals surface area (Å²) in [5, 5.41) is 0.986. The summed E-state index contributed by atoms with van der Waals surface area (Å²) in [5.41, 5.74) is 1.39. The van der Waals surface area contributed by atoms with Gasteiger partial charge in [0.25, 0.3) is 0 Å². The summed E-state index contributed by atoms with van der Waals surface area (Å²) in [6.45, 7) is 13.9. The maximum atomic E-state index is 13.5. The zero-order chi connectivity index (χ0) is 24.8. The molecule has 2 rings (SSSR count). The molecule has 0 amide bonds. The van der Waals surface area contributed by atoms with Gasteiger partial charge in [-0.3, -0.25) is 0 Å². The molecule has 7 heteroatoms. The molecular formula is C26H28GeO6. The second-order valence-electron chi connectivity index (χ2n) is 7.84. The molecule has 0 saturated heterocycles. The Morgan fingerprint density at radius 3 is 1.21 bits per heavy atom. The van der Waals surface area contributed by atoms with Gasteiger partial charge in [0, 0.05) is 0 Å². The van der Waals surface area contributed by atoms with Crippen LogP contribution in [0.25, 0.3) is 0 Å². The number of esters is 2. The van der Waals surface area contributed by atoms with Crippen LogP contribution < -0.4 is 9.47 Å². The third-order valence-electron chi connectivity index (χ3n) is 5.43. The molecule has 2 aromatic carbocycles. The van der Waals surface area contributed by atoms with Crippen molar-refractivity contribution in [2.75, 3.05) is 0 Å². The summed E-state index contributed by atoms with van der Waals surface area (Å²) in [4.78, 5) is 50.4. The molecule has 0 fully saturated rings. The van der Waals surface area contributed by atoms with Crippen molar-refractivity contribution in [3.63, 3.8) is 0 Å². The van der Waals surface area contributed by atoms with E-state index in [4.69, 9.17) is 9.47 Å². The summed E-state index contributed by atoms with van der Waals surface area (Å²) in [5.74, 6) is -0.486. The molecule has 0 N–H and O–H groups in total. The number of benzene rings is 2. The van der Waals surface area contributed by atoms with Gasteiger partial charge in [-0.1, -0.05) is 0 Å². The molecule has 0 aliphatic rings. The van der Waals surface area contributed by atoms with E-state index in [1.165, 1.54) is 0 Å². The molecule has 0 radical (unpaired) electrons. The van der Waals surface area contributed by atoms with E-state index < -0.39 is 25.2 Å². The molecular weight excluding hydrogens is 481 g/mol. The van der Waals surface area contributed by atoms with Crippen LogP contribution in [0.15, 0.2) is 72.8 Å². The summed E-state index contributed by atoms with van der Waals surface area (Å²) in [6.07, 6.45) is 0. The molecule has 33 heavy (non-hydrogen) atoms. The Morgan fingerprint density at radius 2 is 0.970 bits per heavy atom. The van der Waals surface area contributed by atoms with Crippen LogP contribution in [-0.4, -0.2) is 34.4 Å². The zero-order valence-electron chi connectivity index (χ0n) is 19.4. The van der Waals surface area contributed by atoms with E-state index in [9.17, 15) is 19.2 Å². The molecule has 0 aliphatic carbocycles. The molecule has 0 bridgehead atoms. The van der Waals surface area contributed by atoms with Crippen LogP contribution in [0.1, 0.15) is 48.4 Å². The zero-order valence-corrected chi connectivity index (χ0v) is 21.5. The fourth-order valence-corrected chi connectivity index (χ4v) is 10.5. The van der Waals surface area contributed by atoms with Crippen LogP contribution >= 0.6 is 0 Å². The summed E-state index contributed by atoms with van der Waals surface area (Å²) < 4.78 is 10.1. The molecule has 0 heterocycles. The quantitative estimate of drug-likeness (QED) is 0.188. The Bertz CT molecular complexity index is 1010. The van der Waals surface area contributed by atoms with E-state index in [1.54, 1.807) is 62.4 Å². The first-order valence-electron chi connectivity index (χ1n) is 10.6. The van der Waals surface area contributed by atoms with Crippen molar-refractivity contribution in [1.82, 2.24) is 0 Å². The van der Waals surface area contributed by atoms with Crippen molar-refractivity contribution in [3.05, 3.63) is 84.0 Å². The van der Waals surface area contributed by atoms with Crippen LogP contribution in [0.4, 0.5) is 0 Å². The van der Waals surface area contributed by atoms with Crippen LogP contribution in [0.3, 0.4) is 0 Å². The number of hydrogen-bond acceptors (Lipinski definition) is 6. The third kappa shape index (κ3) is 5.96. The van der Waals surface area contributed by atoms with Gasteiger partial charge in [0.15, 0.2) is 0 Å². The van der Waals surface area contributed by atoms with Crippen molar-refractivity contribution in [1.29, 1.82) is 0 Å². The van der Waals surface area contributed by atoms with Crippen LogP contribution in [0.2, 0.25) is 10.5 Å². The Hall–Kier alpha value is -3.26. The van der Waals surface area contributed by atoms with Crippen LogP contribution in [0, 0.1) is 0 Å². The average molecular weight is 509 g/mol. The molecule has 0 unspecified atom stereocenters. The van der Waals surface area contributed by atoms with E-state index in [2.05, 4.69) is 13.2 Å². The van der Waals surface area contributed by atoms with E-state index >= 15 is 0 Å². The fourth-order valence-electron chi connectivity index (χ4n) is 3.28. The Balaban J connectivity index is 2.29. The minimum absolute atomic E-state index is 0.124. The molecule has 0 saturated carbocycles. The molecule has 2 aromatic rings. The van der Waals surface area contributed by atoms with Crippen molar-refractivity contribution in [2.45, 2.75) is 38.2 Å². The molecule has 0 spiro atoms. The van der Waals surface area contributed by atoms with Crippen molar-refractivity contribution >= 4 is 34.4 Å². The fraction of sp³-hybridized carbons (Fsp3) is 0.231. The maximum absolute atomic E-state index is 13.5. The predicted octanol–water partition coefficient (Wildman–Crippen LogP) is 5.28. The first-order chi connectivity index (χ1) is 15.5. The van der Waals surface area contributed by atoms with Gasteiger partial charge in [-0.05, 0) is 0 Å². The number of ether oxygens (including phenoxy) is 2. The second kappa shape index (κ2) is 11.1. The first kappa shape index (κ1) is 26.0. The SMILES string of the molecule is C=C(C)C(=O)Oc1ccc([C](=O)[Ge]([CH2]C)([CH2]C)[C](=O)c2ccc(OC(=O)C(=C)C)cc2)cc1. The number of rotatable bonds is 10. The Kier molecular flexibility index (Phi) is 8.71. The monoisotopic (exact) mass is 510 g/mol. The van der Waals surface area contributed by atoms with E-state index in [1.807, 2.05) is 13.8 Å². The van der Waals surface area contributed by atoms with Crippen molar-refractivity contribution in [2.24, 2.45) is 0 Å². The summed E-state index contributed by atoms with van der Waals surface area (Å²) in [7, 11) is 0. The number of hydrogen-bond donors (Lipinski definition) is 0. The van der Waals surface area contributed by atoms with Gasteiger partial charge in [0.2, 0.25) is 0 Å². The summed E-state index contributed by atoms with van der Waals surface area (Å²) >= 11 is -3.73. The van der Waals surface area contributed by atoms with Gasteiger partial charge in [0.05, 0.1) is 0 Å². The van der Waals surface area contributed by atoms with E-state index in [-0.39, 0.29) is 20.4 Å². The molecule has 0 aromatic heterocycles. The normalized spacial score (nSPS) is 10.8. The van der Waals surface area contributed by atoms with Gasteiger partial charge in [-0.15, -0.1) is 0 Å².